The summed E-state index contributed by atoms with van der Waals surface area (Å²) in [5.41, 5.74) is 0.833. The number of benzene rings is 1. The average Bonchev–Trinajstić information content (AvgIpc) is 3.10. The van der Waals surface area contributed by atoms with Crippen LogP contribution in [0.5, 0.6) is 0 Å². The van der Waals surface area contributed by atoms with Gasteiger partial charge < -0.3 is 9.32 Å². The number of carbonyl (C=O) groups excluding carboxylic acids is 1. The van der Waals surface area contributed by atoms with E-state index in [0.29, 0.717) is 41.6 Å². The SMILES string of the molecule is O=C(CCc1ncc(-c2ccccc2Cl)o1)N(C1CCCC1)C1CC1. The second-order valence-electron chi connectivity index (χ2n) is 7.07. The van der Waals surface area contributed by atoms with Gasteiger partial charge in [-0.05, 0) is 37.8 Å². The highest BCUT2D eigenvalue weighted by atomic mass is 35.5. The zero-order valence-corrected chi connectivity index (χ0v) is 15.0. The molecule has 2 fully saturated rings. The average molecular weight is 359 g/mol. The van der Waals surface area contributed by atoms with E-state index in [9.17, 15) is 4.79 Å². The molecule has 1 aromatic carbocycles. The molecule has 25 heavy (non-hydrogen) atoms. The van der Waals surface area contributed by atoms with Crippen LogP contribution in [0.15, 0.2) is 34.9 Å². The molecular weight excluding hydrogens is 336 g/mol. The van der Waals surface area contributed by atoms with Crippen molar-refractivity contribution in [2.45, 2.75) is 63.5 Å². The van der Waals surface area contributed by atoms with Gasteiger partial charge in [0.15, 0.2) is 11.7 Å². The third kappa shape index (κ3) is 3.74. The van der Waals surface area contributed by atoms with Gasteiger partial charge in [0.25, 0.3) is 0 Å². The Morgan fingerprint density at radius 2 is 1.88 bits per heavy atom. The second-order valence-corrected chi connectivity index (χ2v) is 7.48. The van der Waals surface area contributed by atoms with E-state index in [1.165, 1.54) is 12.8 Å². The van der Waals surface area contributed by atoms with E-state index in [-0.39, 0.29) is 5.91 Å². The van der Waals surface area contributed by atoms with Gasteiger partial charge in [-0.2, -0.15) is 0 Å². The number of amides is 1. The zero-order chi connectivity index (χ0) is 17.2. The van der Waals surface area contributed by atoms with Gasteiger partial charge in [-0.25, -0.2) is 4.98 Å². The van der Waals surface area contributed by atoms with Gasteiger partial charge in [-0.1, -0.05) is 36.6 Å². The van der Waals surface area contributed by atoms with Gasteiger partial charge >= 0.3 is 0 Å². The molecule has 2 saturated carbocycles. The van der Waals surface area contributed by atoms with E-state index in [0.717, 1.165) is 31.2 Å². The predicted octanol–water partition coefficient (Wildman–Crippen LogP) is 4.86. The fraction of sp³-hybridized carbons (Fsp3) is 0.500. The standard InChI is InChI=1S/C20H23ClN2O2/c21-17-8-4-3-7-16(17)18-13-22-19(25-18)11-12-20(24)23(15-9-10-15)14-5-1-2-6-14/h3-4,7-8,13-15H,1-2,5-6,9-12H2. The van der Waals surface area contributed by atoms with Crippen LogP contribution in [0.2, 0.25) is 5.02 Å². The third-order valence-electron chi connectivity index (χ3n) is 5.19. The Morgan fingerprint density at radius 1 is 1.16 bits per heavy atom. The maximum atomic E-state index is 12.8. The number of aromatic nitrogens is 1. The molecule has 0 aliphatic heterocycles. The van der Waals surface area contributed by atoms with Gasteiger partial charge in [0.05, 0.1) is 11.2 Å². The second kappa shape index (κ2) is 7.20. The highest BCUT2D eigenvalue weighted by Gasteiger charge is 2.37. The maximum absolute atomic E-state index is 12.8. The van der Waals surface area contributed by atoms with Gasteiger partial charge in [0, 0.05) is 30.5 Å². The Bertz CT molecular complexity index is 748. The fourth-order valence-corrected chi connectivity index (χ4v) is 4.02. The van der Waals surface area contributed by atoms with Crippen LogP contribution in [0, 0.1) is 0 Å². The van der Waals surface area contributed by atoms with E-state index in [2.05, 4.69) is 9.88 Å². The summed E-state index contributed by atoms with van der Waals surface area (Å²) in [6, 6.07) is 8.49. The van der Waals surface area contributed by atoms with Crippen molar-refractivity contribution < 1.29 is 9.21 Å². The minimum atomic E-state index is 0.256. The van der Waals surface area contributed by atoms with Crippen molar-refractivity contribution in [3.05, 3.63) is 41.4 Å². The molecule has 0 saturated heterocycles. The molecule has 4 rings (SSSR count). The lowest BCUT2D eigenvalue weighted by atomic mass is 10.1. The van der Waals surface area contributed by atoms with Crippen LogP contribution in [0.3, 0.4) is 0 Å². The lowest BCUT2D eigenvalue weighted by Gasteiger charge is -2.29. The van der Waals surface area contributed by atoms with E-state index >= 15 is 0 Å². The molecule has 0 bridgehead atoms. The Kier molecular flexibility index (Phi) is 4.80. The fourth-order valence-electron chi connectivity index (χ4n) is 3.79. The van der Waals surface area contributed by atoms with Crippen molar-refractivity contribution in [2.24, 2.45) is 0 Å². The summed E-state index contributed by atoms with van der Waals surface area (Å²) in [5, 5.41) is 0.641. The van der Waals surface area contributed by atoms with Crippen LogP contribution in [0.4, 0.5) is 0 Å². The lowest BCUT2D eigenvalue weighted by Crippen LogP contribution is -2.40. The molecule has 5 heteroatoms. The van der Waals surface area contributed by atoms with E-state index < -0.39 is 0 Å². The van der Waals surface area contributed by atoms with Crippen molar-refractivity contribution in [3.63, 3.8) is 0 Å². The first-order valence-corrected chi connectivity index (χ1v) is 9.61. The number of halogens is 1. The van der Waals surface area contributed by atoms with Crippen molar-refractivity contribution in [1.29, 1.82) is 0 Å². The minimum absolute atomic E-state index is 0.256. The molecule has 0 atom stereocenters. The van der Waals surface area contributed by atoms with Crippen LogP contribution in [-0.2, 0) is 11.2 Å². The summed E-state index contributed by atoms with van der Waals surface area (Å²) >= 11 is 6.20. The Morgan fingerprint density at radius 3 is 2.60 bits per heavy atom. The molecule has 0 spiro atoms. The monoisotopic (exact) mass is 358 g/mol. The topological polar surface area (TPSA) is 46.3 Å². The quantitative estimate of drug-likeness (QED) is 0.740. The lowest BCUT2D eigenvalue weighted by molar-refractivity contribution is -0.134. The molecule has 4 nitrogen and oxygen atoms in total. The smallest absolute Gasteiger partial charge is 0.223 e. The molecule has 1 heterocycles. The van der Waals surface area contributed by atoms with E-state index in [1.807, 2.05) is 24.3 Å². The van der Waals surface area contributed by atoms with Crippen molar-refractivity contribution >= 4 is 17.5 Å². The number of carbonyl (C=O) groups is 1. The highest BCUT2D eigenvalue weighted by molar-refractivity contribution is 6.33. The Balaban J connectivity index is 1.39. The molecule has 2 aliphatic carbocycles. The molecule has 0 radical (unpaired) electrons. The van der Waals surface area contributed by atoms with Crippen LogP contribution in [0.25, 0.3) is 11.3 Å². The molecule has 0 unspecified atom stereocenters. The first-order chi connectivity index (χ1) is 12.2. The number of hydrogen-bond donors (Lipinski definition) is 0. The first kappa shape index (κ1) is 16.6. The molecule has 132 valence electrons. The van der Waals surface area contributed by atoms with Crippen molar-refractivity contribution in [1.82, 2.24) is 9.88 Å². The van der Waals surface area contributed by atoms with Crippen molar-refractivity contribution in [2.75, 3.05) is 0 Å². The third-order valence-corrected chi connectivity index (χ3v) is 5.52. The van der Waals surface area contributed by atoms with Gasteiger partial charge in [-0.15, -0.1) is 0 Å². The Hall–Kier alpha value is -1.81. The molecular formula is C20H23ClN2O2. The van der Waals surface area contributed by atoms with Gasteiger partial charge in [-0.3, -0.25) is 4.79 Å². The summed E-state index contributed by atoms with van der Waals surface area (Å²) in [6.07, 6.45) is 9.86. The number of nitrogens with zero attached hydrogens (tertiary/aromatic N) is 2. The van der Waals surface area contributed by atoms with Crippen LogP contribution in [-0.4, -0.2) is 27.9 Å². The van der Waals surface area contributed by atoms with Crippen molar-refractivity contribution in [3.8, 4) is 11.3 Å². The zero-order valence-electron chi connectivity index (χ0n) is 14.3. The molecule has 2 aliphatic rings. The van der Waals surface area contributed by atoms with Crippen LogP contribution in [0.1, 0.15) is 50.8 Å². The maximum Gasteiger partial charge on any atom is 0.223 e. The number of oxazole rings is 1. The summed E-state index contributed by atoms with van der Waals surface area (Å²) < 4.78 is 5.82. The predicted molar refractivity (Wildman–Crippen MR) is 97.4 cm³/mol. The molecule has 2 aromatic rings. The van der Waals surface area contributed by atoms with Crippen LogP contribution >= 0.6 is 11.6 Å². The summed E-state index contributed by atoms with van der Waals surface area (Å²) in [6.45, 7) is 0. The largest absolute Gasteiger partial charge is 0.441 e. The highest BCUT2D eigenvalue weighted by Crippen LogP contribution is 2.35. The summed E-state index contributed by atoms with van der Waals surface area (Å²) in [5.74, 6) is 1.51. The Labute approximate surface area is 153 Å². The molecule has 0 N–H and O–H groups in total. The number of aryl methyl sites for hydroxylation is 1. The molecule has 1 amide bonds. The summed E-state index contributed by atoms with van der Waals surface area (Å²) in [7, 11) is 0. The van der Waals surface area contributed by atoms with Crippen LogP contribution < -0.4 is 0 Å². The number of hydrogen-bond acceptors (Lipinski definition) is 3. The number of rotatable bonds is 6. The van der Waals surface area contributed by atoms with Gasteiger partial charge in [0.1, 0.15) is 0 Å². The van der Waals surface area contributed by atoms with E-state index in [4.69, 9.17) is 16.0 Å². The normalized spacial score (nSPS) is 17.8. The molecule has 1 aromatic heterocycles. The minimum Gasteiger partial charge on any atom is -0.441 e. The first-order valence-electron chi connectivity index (χ1n) is 9.23. The van der Waals surface area contributed by atoms with E-state index in [1.54, 1.807) is 6.20 Å². The summed E-state index contributed by atoms with van der Waals surface area (Å²) in [4.78, 5) is 19.2. The van der Waals surface area contributed by atoms with Gasteiger partial charge in [0.2, 0.25) is 5.91 Å².